The third kappa shape index (κ3) is 8.44. The van der Waals surface area contributed by atoms with Crippen LogP contribution in [0.1, 0.15) is 78.7 Å². The third-order valence-electron chi connectivity index (χ3n) is 9.02. The number of ketones is 1. The van der Waals surface area contributed by atoms with Crippen LogP contribution < -0.4 is 5.19 Å². The van der Waals surface area contributed by atoms with E-state index >= 15 is 0 Å². The number of aliphatic hydroxyl groups is 1. The maximum atomic E-state index is 11.7. The van der Waals surface area contributed by atoms with Gasteiger partial charge in [0, 0.05) is 59.3 Å². The van der Waals surface area contributed by atoms with Crippen molar-refractivity contribution < 1.29 is 30.0 Å². The number of pyridine rings is 1. The maximum absolute atomic E-state index is 11.7. The van der Waals surface area contributed by atoms with Gasteiger partial charge in [0.25, 0.3) is 0 Å². The molecule has 247 valence electrons. The van der Waals surface area contributed by atoms with Gasteiger partial charge in [-0.3, -0.25) is 9.78 Å². The van der Waals surface area contributed by atoms with Gasteiger partial charge in [-0.2, -0.15) is 0 Å². The fraction of sp³-hybridized carbons (Fsp3) is 0.400. The van der Waals surface area contributed by atoms with Crippen molar-refractivity contribution in [3.63, 3.8) is 0 Å². The summed E-state index contributed by atoms with van der Waals surface area (Å²) < 4.78 is 2.63. The molecule has 0 fully saturated rings. The number of hydrogen-bond donors (Lipinski definition) is 1. The predicted molar refractivity (Wildman–Crippen MR) is 200 cm³/mol. The molecule has 0 aliphatic rings. The summed E-state index contributed by atoms with van der Waals surface area (Å²) >= 11 is 1.87. The molecule has 1 N–H and O–H groups in total. The van der Waals surface area contributed by atoms with Gasteiger partial charge in [-0.1, -0.05) is 108 Å². The van der Waals surface area contributed by atoms with Crippen LogP contribution in [0.5, 0.6) is 0 Å². The molecule has 6 heteroatoms. The summed E-state index contributed by atoms with van der Waals surface area (Å²) in [5, 5.41) is 16.4. The molecule has 0 saturated heterocycles. The topological polar surface area (TPSA) is 50.2 Å². The van der Waals surface area contributed by atoms with E-state index < -0.39 is 8.07 Å². The Hall–Kier alpha value is -2.63. The molecule has 2 aromatic heterocycles. The van der Waals surface area contributed by atoms with Crippen LogP contribution in [0.4, 0.5) is 0 Å². The molecule has 46 heavy (non-hydrogen) atoms. The first-order valence-electron chi connectivity index (χ1n) is 16.6. The van der Waals surface area contributed by atoms with Crippen molar-refractivity contribution in [2.75, 3.05) is 0 Å². The predicted octanol–water partition coefficient (Wildman–Crippen LogP) is 11.6. The van der Waals surface area contributed by atoms with Crippen LogP contribution in [0, 0.1) is 17.9 Å². The molecule has 0 aliphatic carbocycles. The van der Waals surface area contributed by atoms with E-state index in [-0.39, 0.29) is 43.5 Å². The summed E-state index contributed by atoms with van der Waals surface area (Å²) in [5.41, 5.74) is 3.51. The van der Waals surface area contributed by atoms with Crippen LogP contribution >= 0.6 is 11.3 Å². The second-order valence-corrected chi connectivity index (χ2v) is 19.6. The van der Waals surface area contributed by atoms with E-state index in [4.69, 9.17) is 4.98 Å². The second kappa shape index (κ2) is 16.5. The number of aromatic nitrogens is 1. The zero-order chi connectivity index (χ0) is 32.9. The maximum Gasteiger partial charge on any atom is 0.162 e. The van der Waals surface area contributed by atoms with Crippen molar-refractivity contribution in [3.05, 3.63) is 84.3 Å². The zero-order valence-electron chi connectivity index (χ0n) is 29.0. The average Bonchev–Trinajstić information content (AvgIpc) is 3.40. The summed E-state index contributed by atoms with van der Waals surface area (Å²) in [6.45, 7) is 19.8. The molecule has 0 bridgehead atoms. The van der Waals surface area contributed by atoms with Gasteiger partial charge in [-0.15, -0.1) is 40.5 Å². The largest absolute Gasteiger partial charge is 0.512 e. The molecular weight excluding hydrogens is 779 g/mol. The zero-order valence-corrected chi connectivity index (χ0v) is 33.2. The smallest absolute Gasteiger partial charge is 0.162 e. The van der Waals surface area contributed by atoms with Crippen LogP contribution in [-0.2, 0) is 24.9 Å². The van der Waals surface area contributed by atoms with Gasteiger partial charge < -0.3 is 5.11 Å². The van der Waals surface area contributed by atoms with Gasteiger partial charge in [0.05, 0.1) is 13.8 Å². The standard InChI is InChI=1S/C27H26NSSi.C13H24O2.Ir/c1-17(2)24-15-19(14-18-8-6-7-9-21(18)24)26-27-23(12-13-28-26)22-11-10-20(30(3,4)5)16-25(22)29-27;1-5-10(6-2)12(14)9-13(15)11(7-3)8-4;/h6-13,15-17H,1-5H3;9-11,14H,5-8H2,1-4H3;/q-1;;/b;12-9-;. The van der Waals surface area contributed by atoms with E-state index in [2.05, 4.69) is 94.2 Å². The Bertz CT molecular complexity index is 1810. The third-order valence-corrected chi connectivity index (χ3v) is 12.2. The molecule has 0 amide bonds. The number of carbonyl (C=O) groups is 1. The molecule has 0 atom stereocenters. The van der Waals surface area contributed by atoms with Crippen LogP contribution in [0.25, 0.3) is 42.2 Å². The minimum Gasteiger partial charge on any atom is -0.512 e. The number of aliphatic hydroxyl groups excluding tert-OH is 1. The number of thiophene rings is 1. The monoisotopic (exact) mass is 829 g/mol. The molecule has 5 rings (SSSR count). The number of benzene rings is 3. The first-order chi connectivity index (χ1) is 21.4. The average molecular weight is 829 g/mol. The SMILES string of the molecule is CC(C)c1cc(-c2nccc3c2sc2cc([Si](C)(C)C)ccc23)[c-]c2ccccc12.CCC(CC)C(=O)/C=C(\O)C(CC)CC.[Ir]. The van der Waals surface area contributed by atoms with E-state index in [1.807, 2.05) is 45.2 Å². The van der Waals surface area contributed by atoms with Crippen LogP contribution in [0.3, 0.4) is 0 Å². The van der Waals surface area contributed by atoms with Gasteiger partial charge >= 0.3 is 0 Å². The molecular formula is C40H50IrNO2SSi-. The number of hydrogen-bond acceptors (Lipinski definition) is 4. The number of fused-ring (bicyclic) bond motifs is 4. The van der Waals surface area contributed by atoms with Crippen LogP contribution in [-0.4, -0.2) is 23.9 Å². The van der Waals surface area contributed by atoms with Gasteiger partial charge in [0.15, 0.2) is 5.78 Å². The summed E-state index contributed by atoms with van der Waals surface area (Å²) in [7, 11) is -1.34. The van der Waals surface area contributed by atoms with Crippen molar-refractivity contribution in [2.45, 2.75) is 92.8 Å². The summed E-state index contributed by atoms with van der Waals surface area (Å²) in [6.07, 6.45) is 6.86. The summed E-state index contributed by atoms with van der Waals surface area (Å²) in [4.78, 5) is 16.6. The molecule has 3 nitrogen and oxygen atoms in total. The number of allylic oxidation sites excluding steroid dienone is 2. The fourth-order valence-corrected chi connectivity index (χ4v) is 8.51. The van der Waals surface area contributed by atoms with E-state index in [0.717, 1.165) is 36.9 Å². The van der Waals surface area contributed by atoms with Crippen LogP contribution in [0.15, 0.2) is 72.6 Å². The molecule has 0 aliphatic heterocycles. The Morgan fingerprint density at radius 2 is 1.54 bits per heavy atom. The van der Waals surface area contributed by atoms with Gasteiger partial charge in [0.2, 0.25) is 0 Å². The molecule has 0 spiro atoms. The first-order valence-corrected chi connectivity index (χ1v) is 21.0. The number of nitrogens with zero attached hydrogens (tertiary/aromatic N) is 1. The molecule has 1 radical (unpaired) electrons. The Kier molecular flexibility index (Phi) is 13.5. The molecule has 5 aromatic rings. The minimum atomic E-state index is -1.34. The van der Waals surface area contributed by atoms with Gasteiger partial charge in [-0.25, -0.2) is 0 Å². The number of carbonyl (C=O) groups excluding carboxylic acids is 1. The normalized spacial score (nSPS) is 12.2. The minimum absolute atomic E-state index is 0. The van der Waals surface area contributed by atoms with E-state index in [9.17, 15) is 9.90 Å². The van der Waals surface area contributed by atoms with Gasteiger partial charge in [-0.05, 0) is 54.5 Å². The van der Waals surface area contributed by atoms with E-state index in [1.54, 1.807) is 0 Å². The number of rotatable bonds is 10. The van der Waals surface area contributed by atoms with Crippen molar-refractivity contribution in [1.29, 1.82) is 0 Å². The molecule has 0 saturated carbocycles. The Morgan fingerprint density at radius 1 is 0.891 bits per heavy atom. The van der Waals surface area contributed by atoms with E-state index in [1.165, 1.54) is 47.8 Å². The summed E-state index contributed by atoms with van der Waals surface area (Å²) in [6, 6.07) is 23.8. The van der Waals surface area contributed by atoms with E-state index in [0.29, 0.717) is 5.92 Å². The Balaban J connectivity index is 0.000000309. The molecule has 2 heterocycles. The Morgan fingerprint density at radius 3 is 2.15 bits per heavy atom. The van der Waals surface area contributed by atoms with Crippen LogP contribution in [0.2, 0.25) is 19.6 Å². The molecule has 3 aromatic carbocycles. The quantitative estimate of drug-likeness (QED) is 0.0660. The van der Waals surface area contributed by atoms with Gasteiger partial charge in [0.1, 0.15) is 0 Å². The van der Waals surface area contributed by atoms with Crippen molar-refractivity contribution >= 4 is 61.3 Å². The molecule has 0 unspecified atom stereocenters. The first kappa shape index (κ1) is 37.8. The Labute approximate surface area is 294 Å². The summed E-state index contributed by atoms with van der Waals surface area (Å²) in [5.74, 6) is 0.996. The van der Waals surface area contributed by atoms with Crippen molar-refractivity contribution in [1.82, 2.24) is 4.98 Å². The fourth-order valence-electron chi connectivity index (χ4n) is 6.00. The van der Waals surface area contributed by atoms with Crippen molar-refractivity contribution in [2.24, 2.45) is 11.8 Å². The second-order valence-electron chi connectivity index (χ2n) is 13.4. The van der Waals surface area contributed by atoms with Crippen molar-refractivity contribution in [3.8, 4) is 11.3 Å².